The second-order valence-electron chi connectivity index (χ2n) is 3.96. The number of rotatable bonds is 6. The highest BCUT2D eigenvalue weighted by Crippen LogP contribution is 2.31. The van der Waals surface area contributed by atoms with E-state index in [-0.39, 0.29) is 0 Å². The second-order valence-corrected chi connectivity index (χ2v) is 3.96. The Balaban J connectivity index is 2.95. The minimum absolute atomic E-state index is 0.487. The Morgan fingerprint density at radius 1 is 1.47 bits per heavy atom. The van der Waals surface area contributed by atoms with Crippen LogP contribution in [0.25, 0.3) is 0 Å². The SMILES string of the molecule is C#CCCC(O)(CC=C)c1ccc(OC)cc1. The van der Waals surface area contributed by atoms with Crippen molar-refractivity contribution < 1.29 is 9.84 Å². The molecular weight excluding hydrogens is 212 g/mol. The van der Waals surface area contributed by atoms with E-state index in [9.17, 15) is 5.11 Å². The fourth-order valence-corrected chi connectivity index (χ4v) is 1.78. The van der Waals surface area contributed by atoms with E-state index in [4.69, 9.17) is 11.2 Å². The normalized spacial score (nSPS) is 13.5. The zero-order valence-electron chi connectivity index (χ0n) is 10.1. The van der Waals surface area contributed by atoms with Gasteiger partial charge in [-0.15, -0.1) is 18.9 Å². The first-order valence-corrected chi connectivity index (χ1v) is 5.57. The third-order valence-electron chi connectivity index (χ3n) is 2.79. The van der Waals surface area contributed by atoms with Crippen LogP contribution in [0.5, 0.6) is 5.75 Å². The lowest BCUT2D eigenvalue weighted by Gasteiger charge is -2.27. The smallest absolute Gasteiger partial charge is 0.118 e. The summed E-state index contributed by atoms with van der Waals surface area (Å²) in [5, 5.41) is 10.6. The van der Waals surface area contributed by atoms with Crippen molar-refractivity contribution >= 4 is 0 Å². The minimum Gasteiger partial charge on any atom is -0.497 e. The molecule has 0 saturated carbocycles. The number of aliphatic hydroxyl groups is 1. The Kier molecular flexibility index (Phi) is 4.81. The number of ether oxygens (including phenoxy) is 1. The molecule has 2 nitrogen and oxygen atoms in total. The fourth-order valence-electron chi connectivity index (χ4n) is 1.78. The van der Waals surface area contributed by atoms with Crippen molar-refractivity contribution in [3.63, 3.8) is 0 Å². The van der Waals surface area contributed by atoms with Crippen molar-refractivity contribution in [1.82, 2.24) is 0 Å². The van der Waals surface area contributed by atoms with Crippen molar-refractivity contribution in [3.8, 4) is 18.1 Å². The maximum atomic E-state index is 10.6. The highest BCUT2D eigenvalue weighted by Gasteiger charge is 2.26. The molecule has 0 aliphatic carbocycles. The van der Waals surface area contributed by atoms with Crippen LogP contribution < -0.4 is 4.74 Å². The van der Waals surface area contributed by atoms with Crippen molar-refractivity contribution in [1.29, 1.82) is 0 Å². The van der Waals surface area contributed by atoms with Gasteiger partial charge >= 0.3 is 0 Å². The zero-order chi connectivity index (χ0) is 12.7. The first kappa shape index (κ1) is 13.3. The van der Waals surface area contributed by atoms with Crippen molar-refractivity contribution in [2.75, 3.05) is 7.11 Å². The average molecular weight is 230 g/mol. The molecule has 2 heteroatoms. The van der Waals surface area contributed by atoms with Gasteiger partial charge in [-0.05, 0) is 30.5 Å². The van der Waals surface area contributed by atoms with Gasteiger partial charge in [-0.25, -0.2) is 0 Å². The second kappa shape index (κ2) is 6.12. The van der Waals surface area contributed by atoms with Crippen LogP contribution in [0.2, 0.25) is 0 Å². The summed E-state index contributed by atoms with van der Waals surface area (Å²) in [6.07, 6.45) is 8.51. The predicted molar refractivity (Wildman–Crippen MR) is 69.8 cm³/mol. The van der Waals surface area contributed by atoms with E-state index in [0.29, 0.717) is 19.3 Å². The maximum absolute atomic E-state index is 10.6. The Bertz CT molecular complexity index is 400. The molecule has 1 aromatic rings. The molecule has 1 atom stereocenters. The summed E-state index contributed by atoms with van der Waals surface area (Å²) in [5.41, 5.74) is -0.0890. The van der Waals surface area contributed by atoms with E-state index in [1.54, 1.807) is 13.2 Å². The van der Waals surface area contributed by atoms with E-state index in [2.05, 4.69) is 12.5 Å². The van der Waals surface area contributed by atoms with E-state index in [1.165, 1.54) is 0 Å². The van der Waals surface area contributed by atoms with E-state index in [0.717, 1.165) is 11.3 Å². The number of terminal acetylenes is 1. The van der Waals surface area contributed by atoms with Gasteiger partial charge in [-0.2, -0.15) is 0 Å². The molecule has 0 aromatic heterocycles. The summed E-state index contributed by atoms with van der Waals surface area (Å²) in [6, 6.07) is 7.39. The molecule has 0 aliphatic heterocycles. The van der Waals surface area contributed by atoms with Crippen LogP contribution in [0, 0.1) is 12.3 Å². The fraction of sp³-hybridized carbons (Fsp3) is 0.333. The van der Waals surface area contributed by atoms with Gasteiger partial charge in [0.1, 0.15) is 5.75 Å². The predicted octanol–water partition coefficient (Wildman–Crippen LogP) is 2.87. The highest BCUT2D eigenvalue weighted by molar-refractivity contribution is 5.31. The monoisotopic (exact) mass is 230 g/mol. The molecule has 90 valence electrons. The molecule has 0 heterocycles. The van der Waals surface area contributed by atoms with Gasteiger partial charge in [0.05, 0.1) is 12.7 Å². The Hall–Kier alpha value is -1.72. The lowest BCUT2D eigenvalue weighted by atomic mass is 9.86. The van der Waals surface area contributed by atoms with Crippen LogP contribution in [0.4, 0.5) is 0 Å². The molecule has 1 N–H and O–H groups in total. The van der Waals surface area contributed by atoms with Crippen LogP contribution in [0.15, 0.2) is 36.9 Å². The lowest BCUT2D eigenvalue weighted by molar-refractivity contribution is 0.0320. The summed E-state index contributed by atoms with van der Waals surface area (Å²) in [7, 11) is 1.61. The van der Waals surface area contributed by atoms with Gasteiger partial charge in [0, 0.05) is 6.42 Å². The number of benzene rings is 1. The van der Waals surface area contributed by atoms with E-state index < -0.39 is 5.60 Å². The van der Waals surface area contributed by atoms with Crippen molar-refractivity contribution in [3.05, 3.63) is 42.5 Å². The van der Waals surface area contributed by atoms with E-state index in [1.807, 2.05) is 24.3 Å². The maximum Gasteiger partial charge on any atom is 0.118 e. The summed E-state index contributed by atoms with van der Waals surface area (Å²) in [6.45, 7) is 3.68. The topological polar surface area (TPSA) is 29.5 Å². The van der Waals surface area contributed by atoms with E-state index >= 15 is 0 Å². The Labute approximate surface area is 103 Å². The standard InChI is InChI=1S/C15H18O2/c1-4-6-12-15(16,11-5-2)13-7-9-14(17-3)10-8-13/h1,5,7-10,16H,2,6,11-12H2,3H3. The quantitative estimate of drug-likeness (QED) is 0.601. The molecule has 0 aliphatic rings. The highest BCUT2D eigenvalue weighted by atomic mass is 16.5. The Morgan fingerprint density at radius 3 is 2.59 bits per heavy atom. The van der Waals surface area contributed by atoms with Crippen molar-refractivity contribution in [2.24, 2.45) is 0 Å². The zero-order valence-corrected chi connectivity index (χ0v) is 10.1. The first-order chi connectivity index (χ1) is 8.16. The average Bonchev–Trinajstić information content (AvgIpc) is 2.37. The van der Waals surface area contributed by atoms with Crippen LogP contribution in [0.3, 0.4) is 0 Å². The molecule has 1 rings (SSSR count). The molecule has 1 unspecified atom stereocenters. The Morgan fingerprint density at radius 2 is 2.12 bits per heavy atom. The molecule has 0 bridgehead atoms. The van der Waals surface area contributed by atoms with Gasteiger partial charge < -0.3 is 9.84 Å². The number of methoxy groups -OCH3 is 1. The number of hydrogen-bond acceptors (Lipinski definition) is 2. The van der Waals surface area contributed by atoms with Gasteiger partial charge in [-0.3, -0.25) is 0 Å². The third kappa shape index (κ3) is 3.37. The lowest BCUT2D eigenvalue weighted by Crippen LogP contribution is -2.24. The van der Waals surface area contributed by atoms with Crippen LogP contribution in [0.1, 0.15) is 24.8 Å². The molecule has 0 spiro atoms. The molecule has 0 amide bonds. The minimum atomic E-state index is -0.930. The summed E-state index contributed by atoms with van der Waals surface area (Å²) in [4.78, 5) is 0. The molecular formula is C15H18O2. The third-order valence-corrected chi connectivity index (χ3v) is 2.79. The molecule has 0 radical (unpaired) electrons. The molecule has 0 saturated heterocycles. The van der Waals surface area contributed by atoms with Gasteiger partial charge in [-0.1, -0.05) is 18.2 Å². The molecule has 1 aromatic carbocycles. The van der Waals surface area contributed by atoms with Crippen LogP contribution in [-0.2, 0) is 5.60 Å². The van der Waals surface area contributed by atoms with Gasteiger partial charge in [0.15, 0.2) is 0 Å². The summed E-state index contributed by atoms with van der Waals surface area (Å²) in [5.74, 6) is 3.33. The van der Waals surface area contributed by atoms with Crippen LogP contribution in [-0.4, -0.2) is 12.2 Å². The summed E-state index contributed by atoms with van der Waals surface area (Å²) >= 11 is 0. The first-order valence-electron chi connectivity index (χ1n) is 5.57. The molecule has 0 fully saturated rings. The van der Waals surface area contributed by atoms with Crippen LogP contribution >= 0.6 is 0 Å². The number of hydrogen-bond donors (Lipinski definition) is 1. The van der Waals surface area contributed by atoms with Gasteiger partial charge in [0.25, 0.3) is 0 Å². The summed E-state index contributed by atoms with van der Waals surface area (Å²) < 4.78 is 5.09. The van der Waals surface area contributed by atoms with Crippen molar-refractivity contribution in [2.45, 2.75) is 24.9 Å². The largest absolute Gasteiger partial charge is 0.497 e. The molecule has 17 heavy (non-hydrogen) atoms. The van der Waals surface area contributed by atoms with Gasteiger partial charge in [0.2, 0.25) is 0 Å².